The van der Waals surface area contributed by atoms with Crippen LogP contribution in [0.5, 0.6) is 5.75 Å². The summed E-state index contributed by atoms with van der Waals surface area (Å²) in [5.41, 5.74) is 1.73. The van der Waals surface area contributed by atoms with Gasteiger partial charge in [-0.2, -0.15) is 8.78 Å². The molecule has 7 nitrogen and oxygen atoms in total. The molecule has 188 valence electrons. The lowest BCUT2D eigenvalue weighted by Crippen LogP contribution is -2.19. The number of aromatic nitrogens is 4. The van der Waals surface area contributed by atoms with Crippen LogP contribution in [0.1, 0.15) is 42.2 Å². The van der Waals surface area contributed by atoms with Gasteiger partial charge in [-0.3, -0.25) is 0 Å². The van der Waals surface area contributed by atoms with Gasteiger partial charge in [-0.15, -0.1) is 0 Å². The third-order valence-electron chi connectivity index (χ3n) is 6.05. The van der Waals surface area contributed by atoms with Crippen molar-refractivity contribution < 1.29 is 27.8 Å². The van der Waals surface area contributed by atoms with Crippen molar-refractivity contribution in [2.75, 3.05) is 0 Å². The molecule has 36 heavy (non-hydrogen) atoms. The summed E-state index contributed by atoms with van der Waals surface area (Å²) in [6.07, 6.45) is 3.00. The highest BCUT2D eigenvalue weighted by atomic mass is 35.5. The van der Waals surface area contributed by atoms with Gasteiger partial charge in [0.25, 0.3) is 0 Å². The Morgan fingerprint density at radius 3 is 2.50 bits per heavy atom. The first-order chi connectivity index (χ1) is 17.0. The van der Waals surface area contributed by atoms with Crippen LogP contribution in [0.4, 0.5) is 13.2 Å². The normalized spacial score (nSPS) is 13.9. The van der Waals surface area contributed by atoms with Crippen LogP contribution < -0.4 is 4.74 Å². The molecule has 1 N–H and O–H groups in total. The number of ether oxygens (including phenoxy) is 2. The van der Waals surface area contributed by atoms with Crippen LogP contribution in [0.2, 0.25) is 5.02 Å². The molecule has 2 aromatic carbocycles. The summed E-state index contributed by atoms with van der Waals surface area (Å²) in [4.78, 5) is 12.8. The number of alkyl halides is 2. The number of aryl methyl sites for hydroxylation is 1. The minimum atomic E-state index is -3.03. The first-order valence-corrected chi connectivity index (χ1v) is 11.5. The van der Waals surface area contributed by atoms with Gasteiger partial charge in [-0.25, -0.2) is 19.3 Å². The summed E-state index contributed by atoms with van der Waals surface area (Å²) in [5.74, 6) is 0.102. The largest absolute Gasteiger partial charge is 0.434 e. The molecule has 1 aliphatic heterocycles. The number of hydrogen-bond acceptors (Lipinski definition) is 6. The lowest BCUT2D eigenvalue weighted by molar-refractivity contribution is -0.0511. The second-order valence-corrected chi connectivity index (χ2v) is 9.53. The third-order valence-corrected chi connectivity index (χ3v) is 6.38. The zero-order valence-electron chi connectivity index (χ0n) is 19.6. The van der Waals surface area contributed by atoms with E-state index in [2.05, 4.69) is 15.0 Å². The Labute approximate surface area is 209 Å². The van der Waals surface area contributed by atoms with Gasteiger partial charge in [0, 0.05) is 34.1 Å². The van der Waals surface area contributed by atoms with Crippen molar-refractivity contribution in [3.05, 3.63) is 69.8 Å². The molecule has 11 heteroatoms. The van der Waals surface area contributed by atoms with Crippen molar-refractivity contribution in [2.45, 2.75) is 52.7 Å². The zero-order chi connectivity index (χ0) is 25.8. The molecule has 0 spiro atoms. The molecular formula is C25H22ClF3N4O3. The number of imidazole rings is 1. The number of rotatable bonds is 4. The Kier molecular flexibility index (Phi) is 6.14. The summed E-state index contributed by atoms with van der Waals surface area (Å²) >= 11 is 6.44. The fourth-order valence-electron chi connectivity index (χ4n) is 4.32. The van der Waals surface area contributed by atoms with E-state index in [1.165, 1.54) is 18.5 Å². The van der Waals surface area contributed by atoms with Crippen molar-refractivity contribution in [3.63, 3.8) is 0 Å². The first-order valence-electron chi connectivity index (χ1n) is 11.1. The fraction of sp³-hybridized carbons (Fsp3) is 0.320. The molecule has 0 atom stereocenters. The van der Waals surface area contributed by atoms with Gasteiger partial charge >= 0.3 is 6.61 Å². The van der Waals surface area contributed by atoms with Crippen molar-refractivity contribution in [1.29, 1.82) is 0 Å². The summed E-state index contributed by atoms with van der Waals surface area (Å²) in [5, 5.41) is 10.5. The van der Waals surface area contributed by atoms with E-state index in [1.807, 2.05) is 0 Å². The number of hydrogen-bond donors (Lipinski definition) is 1. The Balaban J connectivity index is 1.66. The van der Waals surface area contributed by atoms with E-state index in [4.69, 9.17) is 21.1 Å². The van der Waals surface area contributed by atoms with Crippen LogP contribution >= 0.6 is 11.6 Å². The lowest BCUT2D eigenvalue weighted by Gasteiger charge is -2.23. The van der Waals surface area contributed by atoms with Crippen molar-refractivity contribution >= 4 is 22.6 Å². The van der Waals surface area contributed by atoms with E-state index >= 15 is 4.39 Å². The number of aliphatic hydroxyl groups is 1. The number of fused-ring (bicyclic) bond motifs is 4. The van der Waals surface area contributed by atoms with Gasteiger partial charge in [0.05, 0.1) is 18.7 Å². The Bertz CT molecular complexity index is 1470. The molecule has 0 fully saturated rings. The zero-order valence-corrected chi connectivity index (χ0v) is 20.4. The van der Waals surface area contributed by atoms with E-state index in [0.29, 0.717) is 44.2 Å². The summed E-state index contributed by atoms with van der Waals surface area (Å²) < 4.78 is 54.1. The standard InChI is InChI=1S/C25H22ClF3N4O3/c1-12-4-17(26)16-10-35-11-20-32-21-18(27)5-13(14-7-30-23(31-8-14)25(2,3)34)6-19(21)33(20)9-15(16)22(12)36-24(28)29/h4-8,24,34H,9-11H2,1-3H3. The molecular weight excluding hydrogens is 497 g/mol. The average molecular weight is 519 g/mol. The topological polar surface area (TPSA) is 82.3 Å². The molecule has 0 bridgehead atoms. The highest BCUT2D eigenvalue weighted by Gasteiger charge is 2.26. The number of halogens is 4. The van der Waals surface area contributed by atoms with Crippen LogP contribution in [-0.2, 0) is 30.1 Å². The van der Waals surface area contributed by atoms with Gasteiger partial charge in [0.2, 0.25) is 0 Å². The maximum atomic E-state index is 15.2. The molecule has 0 amide bonds. The summed E-state index contributed by atoms with van der Waals surface area (Å²) in [6, 6.07) is 4.61. The number of nitrogens with zero attached hydrogens (tertiary/aromatic N) is 4. The van der Waals surface area contributed by atoms with Crippen LogP contribution in [0.3, 0.4) is 0 Å². The van der Waals surface area contributed by atoms with E-state index in [0.717, 1.165) is 0 Å². The van der Waals surface area contributed by atoms with Crippen LogP contribution in [0, 0.1) is 12.7 Å². The predicted octanol–water partition coefficient (Wildman–Crippen LogP) is 5.50. The molecule has 0 unspecified atom stereocenters. The molecule has 3 heterocycles. The quantitative estimate of drug-likeness (QED) is 0.384. The van der Waals surface area contributed by atoms with E-state index < -0.39 is 18.0 Å². The SMILES string of the molecule is Cc1cc(Cl)c2c(c1OC(F)F)Cn1c(nc3c(F)cc(-c4cnc(C(C)(C)O)nc4)cc31)COC2. The highest BCUT2D eigenvalue weighted by Crippen LogP contribution is 2.38. The molecule has 0 radical (unpaired) electrons. The minimum absolute atomic E-state index is 0.00920. The minimum Gasteiger partial charge on any atom is -0.434 e. The van der Waals surface area contributed by atoms with E-state index in [9.17, 15) is 13.9 Å². The Morgan fingerprint density at radius 1 is 1.11 bits per heavy atom. The predicted molar refractivity (Wildman–Crippen MR) is 126 cm³/mol. The van der Waals surface area contributed by atoms with E-state index in [-0.39, 0.29) is 36.8 Å². The van der Waals surface area contributed by atoms with Crippen molar-refractivity contribution in [3.8, 4) is 16.9 Å². The Hall–Kier alpha value is -3.21. The van der Waals surface area contributed by atoms with Crippen LogP contribution in [-0.4, -0.2) is 31.2 Å². The van der Waals surface area contributed by atoms with Gasteiger partial charge in [0.1, 0.15) is 29.3 Å². The van der Waals surface area contributed by atoms with Crippen LogP contribution in [0.25, 0.3) is 22.2 Å². The molecule has 0 saturated carbocycles. The molecule has 1 aliphatic rings. The first kappa shape index (κ1) is 24.5. The molecule has 2 aromatic heterocycles. The van der Waals surface area contributed by atoms with Gasteiger partial charge < -0.3 is 19.1 Å². The molecule has 0 saturated heterocycles. The van der Waals surface area contributed by atoms with Crippen LogP contribution in [0.15, 0.2) is 30.6 Å². The van der Waals surface area contributed by atoms with Gasteiger partial charge in [-0.05, 0) is 50.1 Å². The average Bonchev–Trinajstić information content (AvgIpc) is 3.12. The van der Waals surface area contributed by atoms with E-state index in [1.54, 1.807) is 37.5 Å². The Morgan fingerprint density at radius 2 is 1.83 bits per heavy atom. The lowest BCUT2D eigenvalue weighted by atomic mass is 10.0. The van der Waals surface area contributed by atoms with Gasteiger partial charge in [-0.1, -0.05) is 11.6 Å². The maximum Gasteiger partial charge on any atom is 0.387 e. The molecule has 5 rings (SSSR count). The monoisotopic (exact) mass is 518 g/mol. The second-order valence-electron chi connectivity index (χ2n) is 9.13. The van der Waals surface area contributed by atoms with Crippen molar-refractivity contribution in [2.24, 2.45) is 0 Å². The third kappa shape index (κ3) is 4.40. The molecule has 4 aromatic rings. The van der Waals surface area contributed by atoms with Gasteiger partial charge in [0.15, 0.2) is 11.6 Å². The summed E-state index contributed by atoms with van der Waals surface area (Å²) in [6.45, 7) is 1.94. The van der Waals surface area contributed by atoms with Crippen molar-refractivity contribution in [1.82, 2.24) is 19.5 Å². The number of benzene rings is 2. The highest BCUT2D eigenvalue weighted by molar-refractivity contribution is 6.31. The maximum absolute atomic E-state index is 15.2. The fourth-order valence-corrected chi connectivity index (χ4v) is 4.65. The second kappa shape index (κ2) is 9.02. The summed E-state index contributed by atoms with van der Waals surface area (Å²) in [7, 11) is 0. The molecule has 0 aliphatic carbocycles. The smallest absolute Gasteiger partial charge is 0.387 e.